The first-order chi connectivity index (χ1) is 18.1. The molecule has 1 aromatic heterocycles. The Morgan fingerprint density at radius 1 is 1.08 bits per heavy atom. The third-order valence-electron chi connectivity index (χ3n) is 6.83. The third kappa shape index (κ3) is 4.95. The zero-order chi connectivity index (χ0) is 25.4. The number of benzene rings is 3. The molecule has 0 spiro atoms. The average molecular weight is 573 g/mol. The molecule has 0 aliphatic carbocycles. The lowest BCUT2D eigenvalue weighted by Crippen LogP contribution is -2.44. The molecule has 0 unspecified atom stereocenters. The summed E-state index contributed by atoms with van der Waals surface area (Å²) >= 11 is 7.95. The Labute approximate surface area is 236 Å². The molecular formula is C28H27Cl2N3O4S. The van der Waals surface area contributed by atoms with Gasteiger partial charge < -0.3 is 14.2 Å². The van der Waals surface area contributed by atoms with Gasteiger partial charge in [-0.2, -0.15) is 0 Å². The van der Waals surface area contributed by atoms with Gasteiger partial charge in [-0.25, -0.2) is 4.98 Å². The lowest BCUT2D eigenvalue weighted by atomic mass is 9.87. The topological polar surface area (TPSA) is 64.1 Å². The molecule has 0 saturated carbocycles. The Kier molecular flexibility index (Phi) is 8.07. The quantitative estimate of drug-likeness (QED) is 0.283. The van der Waals surface area contributed by atoms with Gasteiger partial charge >= 0.3 is 0 Å². The highest BCUT2D eigenvalue weighted by molar-refractivity contribution is 7.23. The normalized spacial score (nSPS) is 15.2. The van der Waals surface area contributed by atoms with E-state index in [0.29, 0.717) is 59.2 Å². The van der Waals surface area contributed by atoms with E-state index in [2.05, 4.69) is 4.90 Å². The first-order valence-corrected chi connectivity index (χ1v) is 13.4. The van der Waals surface area contributed by atoms with Crippen molar-refractivity contribution in [1.82, 2.24) is 9.88 Å². The minimum atomic E-state index is -0.518. The number of fused-ring (bicyclic) bond motifs is 3. The van der Waals surface area contributed by atoms with Crippen LogP contribution in [0.5, 0.6) is 17.2 Å². The van der Waals surface area contributed by atoms with Crippen molar-refractivity contribution in [2.24, 2.45) is 0 Å². The van der Waals surface area contributed by atoms with Gasteiger partial charge in [-0.05, 0) is 24.3 Å². The highest BCUT2D eigenvalue weighted by Crippen LogP contribution is 2.46. The van der Waals surface area contributed by atoms with E-state index in [1.165, 1.54) is 11.3 Å². The van der Waals surface area contributed by atoms with Crippen molar-refractivity contribution < 1.29 is 19.0 Å². The van der Waals surface area contributed by atoms with E-state index < -0.39 is 5.92 Å². The van der Waals surface area contributed by atoms with Crippen molar-refractivity contribution in [2.45, 2.75) is 5.92 Å². The standard InChI is InChI=1S/C28H26ClN3O4S.ClH/c1-34-23-11-10-20(29)26-25(23)30-28(37-26)32(13-12-31-14-16-35-17-15-31)27(33)24-18-6-2-4-8-21(18)36-22-9-5-3-7-19(22)24;/h2-11,24H,12-17H2,1H3;1H. The van der Waals surface area contributed by atoms with Crippen LogP contribution in [-0.4, -0.2) is 62.3 Å². The molecule has 1 fully saturated rings. The van der Waals surface area contributed by atoms with E-state index in [4.69, 9.17) is 30.8 Å². The summed E-state index contributed by atoms with van der Waals surface area (Å²) in [4.78, 5) is 23.5. The minimum absolute atomic E-state index is 0. The monoisotopic (exact) mass is 571 g/mol. The number of hydrogen-bond acceptors (Lipinski definition) is 7. The van der Waals surface area contributed by atoms with Gasteiger partial charge in [0.1, 0.15) is 22.8 Å². The molecule has 0 radical (unpaired) electrons. The molecule has 198 valence electrons. The van der Waals surface area contributed by atoms with Gasteiger partial charge in [-0.3, -0.25) is 14.6 Å². The number of anilines is 1. The second-order valence-electron chi connectivity index (χ2n) is 8.98. The number of aromatic nitrogens is 1. The maximum absolute atomic E-state index is 14.5. The number of carbonyl (C=O) groups excluding carboxylic acids is 1. The number of methoxy groups -OCH3 is 1. The first kappa shape index (κ1) is 26.7. The molecule has 1 saturated heterocycles. The van der Waals surface area contributed by atoms with E-state index in [1.807, 2.05) is 48.5 Å². The fourth-order valence-electron chi connectivity index (χ4n) is 4.92. The number of thiazole rings is 1. The third-order valence-corrected chi connectivity index (χ3v) is 8.37. The van der Waals surface area contributed by atoms with Crippen LogP contribution in [0.4, 0.5) is 5.13 Å². The Bertz CT molecular complexity index is 1410. The number of ether oxygens (including phenoxy) is 3. The summed E-state index contributed by atoms with van der Waals surface area (Å²) in [6.45, 7) is 4.27. The summed E-state index contributed by atoms with van der Waals surface area (Å²) in [5.41, 5.74) is 2.35. The van der Waals surface area contributed by atoms with Crippen molar-refractivity contribution in [1.29, 1.82) is 0 Å². The molecular weight excluding hydrogens is 545 g/mol. The second kappa shape index (κ2) is 11.5. The molecule has 7 nitrogen and oxygen atoms in total. The summed E-state index contributed by atoms with van der Waals surface area (Å²) in [5, 5.41) is 1.18. The van der Waals surface area contributed by atoms with Crippen LogP contribution >= 0.6 is 35.3 Å². The molecule has 3 heterocycles. The SMILES string of the molecule is COc1ccc(Cl)c2sc(N(CCN3CCOCC3)C(=O)C3c4ccccc4Oc4ccccc43)nc12.Cl. The van der Waals surface area contributed by atoms with Gasteiger partial charge in [0.2, 0.25) is 5.91 Å². The van der Waals surface area contributed by atoms with Crippen molar-refractivity contribution in [3.8, 4) is 17.2 Å². The minimum Gasteiger partial charge on any atom is -0.494 e. The molecule has 0 bridgehead atoms. The Morgan fingerprint density at radius 2 is 1.74 bits per heavy atom. The molecule has 10 heteroatoms. The van der Waals surface area contributed by atoms with Gasteiger partial charge in [-0.1, -0.05) is 59.3 Å². The molecule has 6 rings (SSSR count). The maximum Gasteiger partial charge on any atom is 0.241 e. The lowest BCUT2D eigenvalue weighted by molar-refractivity contribution is -0.119. The number of morpholine rings is 1. The fraction of sp³-hybridized carbons (Fsp3) is 0.286. The van der Waals surface area contributed by atoms with Crippen molar-refractivity contribution >= 4 is 56.6 Å². The number of nitrogens with zero attached hydrogens (tertiary/aromatic N) is 3. The highest BCUT2D eigenvalue weighted by atomic mass is 35.5. The largest absolute Gasteiger partial charge is 0.494 e. The summed E-state index contributed by atoms with van der Waals surface area (Å²) in [5.74, 6) is 1.45. The van der Waals surface area contributed by atoms with Crippen LogP contribution in [0.25, 0.3) is 10.2 Å². The van der Waals surface area contributed by atoms with Gasteiger partial charge in [0.15, 0.2) is 5.13 Å². The fourth-order valence-corrected chi connectivity index (χ4v) is 6.21. The Balaban J connectivity index is 0.00000294. The van der Waals surface area contributed by atoms with Crippen LogP contribution in [0, 0.1) is 0 Å². The number of para-hydroxylation sites is 2. The van der Waals surface area contributed by atoms with Crippen LogP contribution in [0.15, 0.2) is 60.7 Å². The molecule has 0 N–H and O–H groups in total. The van der Waals surface area contributed by atoms with Crippen LogP contribution in [0.1, 0.15) is 17.0 Å². The number of carbonyl (C=O) groups is 1. The van der Waals surface area contributed by atoms with Crippen molar-refractivity contribution in [2.75, 3.05) is 51.4 Å². The second-order valence-corrected chi connectivity index (χ2v) is 10.4. The van der Waals surface area contributed by atoms with Crippen LogP contribution in [0.2, 0.25) is 5.02 Å². The maximum atomic E-state index is 14.5. The van der Waals surface area contributed by atoms with Gasteiger partial charge in [0.05, 0.1) is 36.0 Å². The molecule has 4 aromatic rings. The van der Waals surface area contributed by atoms with E-state index in [-0.39, 0.29) is 18.3 Å². The van der Waals surface area contributed by atoms with E-state index in [1.54, 1.807) is 24.1 Å². The zero-order valence-corrected chi connectivity index (χ0v) is 23.2. The Hall–Kier alpha value is -2.88. The predicted molar refractivity (Wildman–Crippen MR) is 153 cm³/mol. The van der Waals surface area contributed by atoms with Crippen LogP contribution < -0.4 is 14.4 Å². The summed E-state index contributed by atoms with van der Waals surface area (Å²) in [7, 11) is 1.61. The number of halogens is 2. The zero-order valence-electron chi connectivity index (χ0n) is 20.8. The number of hydrogen-bond donors (Lipinski definition) is 0. The molecule has 3 aromatic carbocycles. The van der Waals surface area contributed by atoms with E-state index in [9.17, 15) is 4.79 Å². The van der Waals surface area contributed by atoms with Crippen molar-refractivity contribution in [3.63, 3.8) is 0 Å². The molecule has 2 aliphatic rings. The van der Waals surface area contributed by atoms with Crippen LogP contribution in [-0.2, 0) is 9.53 Å². The average Bonchev–Trinajstić information content (AvgIpc) is 3.38. The first-order valence-electron chi connectivity index (χ1n) is 12.2. The number of rotatable bonds is 6. The summed E-state index contributed by atoms with van der Waals surface area (Å²) < 4.78 is 18.0. The van der Waals surface area contributed by atoms with E-state index in [0.717, 1.165) is 28.9 Å². The van der Waals surface area contributed by atoms with Gasteiger partial charge in [-0.15, -0.1) is 12.4 Å². The van der Waals surface area contributed by atoms with Crippen molar-refractivity contribution in [3.05, 3.63) is 76.8 Å². The van der Waals surface area contributed by atoms with Gasteiger partial charge in [0.25, 0.3) is 0 Å². The van der Waals surface area contributed by atoms with Crippen LogP contribution in [0.3, 0.4) is 0 Å². The summed E-state index contributed by atoms with van der Waals surface area (Å²) in [6.07, 6.45) is 0. The molecule has 2 aliphatic heterocycles. The predicted octanol–water partition coefficient (Wildman–Crippen LogP) is 5.98. The lowest BCUT2D eigenvalue weighted by Gasteiger charge is -2.33. The Morgan fingerprint density at radius 3 is 2.39 bits per heavy atom. The molecule has 38 heavy (non-hydrogen) atoms. The van der Waals surface area contributed by atoms with E-state index >= 15 is 0 Å². The van der Waals surface area contributed by atoms with Gasteiger partial charge in [0, 0.05) is 37.3 Å². The molecule has 0 atom stereocenters. The molecule has 1 amide bonds. The number of amides is 1. The summed E-state index contributed by atoms with van der Waals surface area (Å²) in [6, 6.07) is 19.1. The smallest absolute Gasteiger partial charge is 0.241 e. The highest BCUT2D eigenvalue weighted by Gasteiger charge is 2.37.